The van der Waals surface area contributed by atoms with E-state index in [0.717, 1.165) is 0 Å². The van der Waals surface area contributed by atoms with Gasteiger partial charge in [0.1, 0.15) is 17.3 Å². The molecular weight excluding hydrogens is 420 g/mol. The minimum absolute atomic E-state index is 0.141. The average molecular weight is 451 g/mol. The van der Waals surface area contributed by atoms with Crippen molar-refractivity contribution >= 4 is 29.5 Å². The molecule has 33 heavy (non-hydrogen) atoms. The maximum Gasteiger partial charge on any atom is 0.329 e. The van der Waals surface area contributed by atoms with Gasteiger partial charge in [-0.15, -0.1) is 0 Å². The van der Waals surface area contributed by atoms with E-state index in [1.165, 1.54) is 11.1 Å². The average Bonchev–Trinajstić information content (AvgIpc) is 3.03. The molecule has 0 aromatic carbocycles. The number of likely N-dealkylation sites (tertiary alicyclic amines) is 1. The summed E-state index contributed by atoms with van der Waals surface area (Å²) >= 11 is 0. The maximum atomic E-state index is 12.5. The molecular formula is C24H30N6O3. The standard InChI is InChI=1S/C24H30N6O3/c1-15(2)27-14-17(13-25)19-12-18(8-10-26-19)33-20-6-7-21(28-16(20)3)29-23(32)30-11-9-24(4,5)22(30)31/h6-8,10,12-15H,9,11,25H2,1-5H3,(H,28,29,32). The number of nitrogens with two attached hydrogens (primary N) is 1. The number of hydrogen-bond acceptors (Lipinski definition) is 7. The van der Waals surface area contributed by atoms with Gasteiger partial charge in [0, 0.05) is 48.3 Å². The first-order valence-corrected chi connectivity index (χ1v) is 10.8. The Labute approximate surface area is 193 Å². The summed E-state index contributed by atoms with van der Waals surface area (Å²) in [5.74, 6) is 1.24. The number of anilines is 1. The molecule has 1 saturated heterocycles. The molecule has 9 heteroatoms. The Morgan fingerprint density at radius 3 is 2.70 bits per heavy atom. The summed E-state index contributed by atoms with van der Waals surface area (Å²) in [5.41, 5.74) is 7.11. The van der Waals surface area contributed by atoms with Crippen molar-refractivity contribution in [3.8, 4) is 11.5 Å². The zero-order valence-electron chi connectivity index (χ0n) is 19.6. The fourth-order valence-corrected chi connectivity index (χ4v) is 3.25. The Morgan fingerprint density at radius 2 is 2.09 bits per heavy atom. The number of aromatic nitrogens is 2. The third kappa shape index (κ3) is 5.74. The predicted molar refractivity (Wildman–Crippen MR) is 128 cm³/mol. The van der Waals surface area contributed by atoms with Crippen LogP contribution in [-0.2, 0) is 4.79 Å². The molecule has 3 amide bonds. The molecule has 0 unspecified atom stereocenters. The van der Waals surface area contributed by atoms with Gasteiger partial charge in [0.05, 0.1) is 11.4 Å². The molecule has 0 saturated carbocycles. The van der Waals surface area contributed by atoms with Gasteiger partial charge in [-0.25, -0.2) is 9.78 Å². The molecule has 0 atom stereocenters. The van der Waals surface area contributed by atoms with E-state index >= 15 is 0 Å². The summed E-state index contributed by atoms with van der Waals surface area (Å²) in [5, 5.41) is 2.69. The van der Waals surface area contributed by atoms with Crippen LogP contribution in [0.5, 0.6) is 11.5 Å². The topological polar surface area (TPSA) is 123 Å². The molecule has 3 rings (SSSR count). The smallest absolute Gasteiger partial charge is 0.329 e. The van der Waals surface area contributed by atoms with Crippen molar-refractivity contribution in [3.63, 3.8) is 0 Å². The van der Waals surface area contributed by atoms with Crippen molar-refractivity contribution in [1.82, 2.24) is 14.9 Å². The Hall–Kier alpha value is -3.75. The molecule has 1 fully saturated rings. The summed E-state index contributed by atoms with van der Waals surface area (Å²) < 4.78 is 5.98. The summed E-state index contributed by atoms with van der Waals surface area (Å²) in [7, 11) is 0. The number of nitrogens with one attached hydrogen (secondary N) is 1. The molecule has 1 aliphatic rings. The van der Waals surface area contributed by atoms with Gasteiger partial charge in [0.2, 0.25) is 5.91 Å². The van der Waals surface area contributed by atoms with E-state index in [0.29, 0.717) is 47.2 Å². The molecule has 0 bridgehead atoms. The zero-order valence-corrected chi connectivity index (χ0v) is 19.6. The maximum absolute atomic E-state index is 12.5. The number of carbonyl (C=O) groups excluding carboxylic acids is 2. The summed E-state index contributed by atoms with van der Waals surface area (Å²) in [4.78, 5) is 39.2. The highest BCUT2D eigenvalue weighted by Crippen LogP contribution is 2.31. The fraction of sp³-hybridized carbons (Fsp3) is 0.375. The summed E-state index contributed by atoms with van der Waals surface area (Å²) in [6.07, 6.45) is 5.40. The second kappa shape index (κ2) is 9.81. The number of aryl methyl sites for hydroxylation is 1. The third-order valence-corrected chi connectivity index (χ3v) is 5.25. The van der Waals surface area contributed by atoms with Crippen LogP contribution in [0.25, 0.3) is 5.57 Å². The lowest BCUT2D eigenvalue weighted by atomic mass is 9.92. The number of ether oxygens (including phenoxy) is 1. The molecule has 2 aromatic rings. The normalized spacial score (nSPS) is 16.0. The van der Waals surface area contributed by atoms with Crippen LogP contribution in [0, 0.1) is 12.3 Å². The number of allylic oxidation sites excluding steroid dienone is 1. The minimum Gasteiger partial charge on any atom is -0.455 e. The van der Waals surface area contributed by atoms with Crippen LogP contribution in [-0.4, -0.2) is 45.6 Å². The van der Waals surface area contributed by atoms with E-state index in [-0.39, 0.29) is 11.9 Å². The molecule has 3 N–H and O–H groups in total. The van der Waals surface area contributed by atoms with E-state index in [1.807, 2.05) is 27.7 Å². The van der Waals surface area contributed by atoms with Gasteiger partial charge in [0.15, 0.2) is 0 Å². The van der Waals surface area contributed by atoms with Gasteiger partial charge < -0.3 is 10.5 Å². The predicted octanol–water partition coefficient (Wildman–Crippen LogP) is 4.15. The summed E-state index contributed by atoms with van der Waals surface area (Å²) in [6.45, 7) is 9.80. The van der Waals surface area contributed by atoms with Crippen LogP contribution in [0.2, 0.25) is 0 Å². The van der Waals surface area contributed by atoms with Gasteiger partial charge >= 0.3 is 6.03 Å². The number of rotatable bonds is 6. The number of amides is 3. The lowest BCUT2D eigenvalue weighted by molar-refractivity contribution is -0.131. The van der Waals surface area contributed by atoms with Crippen molar-refractivity contribution < 1.29 is 14.3 Å². The summed E-state index contributed by atoms with van der Waals surface area (Å²) in [6, 6.07) is 6.51. The highest BCUT2D eigenvalue weighted by atomic mass is 16.5. The lowest BCUT2D eigenvalue weighted by Gasteiger charge is -2.18. The van der Waals surface area contributed by atoms with Gasteiger partial charge in [-0.05, 0) is 45.4 Å². The van der Waals surface area contributed by atoms with Crippen LogP contribution in [0.15, 0.2) is 41.7 Å². The number of carbonyl (C=O) groups is 2. The Kier molecular flexibility index (Phi) is 7.10. The van der Waals surface area contributed by atoms with E-state index in [9.17, 15) is 9.59 Å². The quantitative estimate of drug-likeness (QED) is 0.638. The van der Waals surface area contributed by atoms with Gasteiger partial charge in [0.25, 0.3) is 0 Å². The number of nitrogens with zero attached hydrogens (tertiary/aromatic N) is 4. The van der Waals surface area contributed by atoms with Crippen LogP contribution in [0.1, 0.15) is 45.5 Å². The van der Waals surface area contributed by atoms with E-state index in [1.54, 1.807) is 43.6 Å². The first-order chi connectivity index (χ1) is 15.6. The van der Waals surface area contributed by atoms with E-state index in [2.05, 4.69) is 20.3 Å². The minimum atomic E-state index is -0.526. The molecule has 2 aromatic heterocycles. The molecule has 0 radical (unpaired) electrons. The molecule has 174 valence electrons. The van der Waals surface area contributed by atoms with E-state index in [4.69, 9.17) is 10.5 Å². The van der Waals surface area contributed by atoms with Crippen LogP contribution in [0.3, 0.4) is 0 Å². The highest BCUT2D eigenvalue weighted by molar-refractivity contribution is 6.09. The number of hydrogen-bond donors (Lipinski definition) is 2. The van der Waals surface area contributed by atoms with Crippen molar-refractivity contribution in [1.29, 1.82) is 0 Å². The molecule has 0 spiro atoms. The van der Waals surface area contributed by atoms with E-state index < -0.39 is 11.4 Å². The first kappa shape index (κ1) is 23.9. The monoisotopic (exact) mass is 450 g/mol. The number of imide groups is 1. The van der Waals surface area contributed by atoms with Crippen LogP contribution < -0.4 is 15.8 Å². The van der Waals surface area contributed by atoms with Crippen LogP contribution in [0.4, 0.5) is 10.6 Å². The van der Waals surface area contributed by atoms with Crippen molar-refractivity contribution in [2.75, 3.05) is 11.9 Å². The molecule has 1 aliphatic heterocycles. The highest BCUT2D eigenvalue weighted by Gasteiger charge is 2.41. The number of aliphatic imine (C=N–C) groups is 1. The van der Waals surface area contributed by atoms with Crippen molar-refractivity contribution in [3.05, 3.63) is 48.1 Å². The fourth-order valence-electron chi connectivity index (χ4n) is 3.25. The third-order valence-electron chi connectivity index (χ3n) is 5.25. The number of pyridine rings is 2. The Balaban J connectivity index is 1.71. The van der Waals surface area contributed by atoms with Crippen molar-refractivity contribution in [2.24, 2.45) is 16.1 Å². The second-order valence-electron chi connectivity index (χ2n) is 8.77. The lowest BCUT2D eigenvalue weighted by Crippen LogP contribution is -2.39. The Morgan fingerprint density at radius 1 is 1.33 bits per heavy atom. The molecule has 9 nitrogen and oxygen atoms in total. The largest absolute Gasteiger partial charge is 0.455 e. The van der Waals surface area contributed by atoms with Gasteiger partial charge in [-0.1, -0.05) is 13.8 Å². The number of urea groups is 1. The molecule has 3 heterocycles. The van der Waals surface area contributed by atoms with Crippen LogP contribution >= 0.6 is 0 Å². The zero-order chi connectivity index (χ0) is 24.2. The van der Waals surface area contributed by atoms with Gasteiger partial charge in [-0.2, -0.15) is 0 Å². The molecule has 0 aliphatic carbocycles. The Bertz CT molecular complexity index is 1110. The van der Waals surface area contributed by atoms with Gasteiger partial charge in [-0.3, -0.25) is 25.0 Å². The SMILES string of the molecule is Cc1nc(NC(=O)N2CCC(C)(C)C2=O)ccc1Oc1ccnc(C(C=NC(C)C)=CN)c1. The first-order valence-electron chi connectivity index (χ1n) is 10.8. The van der Waals surface area contributed by atoms with Crippen molar-refractivity contribution in [2.45, 2.75) is 47.1 Å². The second-order valence-corrected chi connectivity index (χ2v) is 8.77.